The third-order valence-corrected chi connectivity index (χ3v) is 5.03. The number of carbonyl (C=O) groups is 1. The van der Waals surface area contributed by atoms with Gasteiger partial charge in [0.25, 0.3) is 5.91 Å². The van der Waals surface area contributed by atoms with Crippen LogP contribution in [0.2, 0.25) is 0 Å². The van der Waals surface area contributed by atoms with Gasteiger partial charge in [-0.05, 0) is 30.2 Å². The van der Waals surface area contributed by atoms with E-state index in [1.807, 2.05) is 38.2 Å². The number of anilines is 1. The lowest BCUT2D eigenvalue weighted by atomic mass is 10.1. The van der Waals surface area contributed by atoms with E-state index in [-0.39, 0.29) is 5.91 Å². The van der Waals surface area contributed by atoms with Gasteiger partial charge < -0.3 is 10.1 Å². The van der Waals surface area contributed by atoms with Crippen LogP contribution in [0.25, 0.3) is 10.9 Å². The van der Waals surface area contributed by atoms with Crippen LogP contribution in [0, 0.1) is 6.92 Å². The Bertz CT molecular complexity index is 973. The molecule has 1 saturated heterocycles. The molecule has 1 aliphatic rings. The fourth-order valence-corrected chi connectivity index (χ4v) is 3.48. The Balaban J connectivity index is 1.56. The predicted molar refractivity (Wildman–Crippen MR) is 106 cm³/mol. The Labute approximate surface area is 158 Å². The van der Waals surface area contributed by atoms with Crippen molar-refractivity contribution in [3.63, 3.8) is 0 Å². The van der Waals surface area contributed by atoms with Crippen molar-refractivity contribution in [2.45, 2.75) is 13.5 Å². The van der Waals surface area contributed by atoms with Crippen LogP contribution in [0.15, 0.2) is 42.5 Å². The molecule has 1 N–H and O–H groups in total. The van der Waals surface area contributed by atoms with Gasteiger partial charge in [0.1, 0.15) is 0 Å². The Morgan fingerprint density at radius 1 is 1.19 bits per heavy atom. The van der Waals surface area contributed by atoms with Crippen LogP contribution < -0.4 is 5.32 Å². The van der Waals surface area contributed by atoms with Crippen molar-refractivity contribution in [3.8, 4) is 0 Å². The highest BCUT2D eigenvalue weighted by atomic mass is 16.5. The molecule has 2 aromatic carbocycles. The minimum absolute atomic E-state index is 0.182. The van der Waals surface area contributed by atoms with Crippen molar-refractivity contribution in [2.24, 2.45) is 7.05 Å². The van der Waals surface area contributed by atoms with Crippen LogP contribution in [0.4, 0.5) is 5.69 Å². The van der Waals surface area contributed by atoms with E-state index in [2.05, 4.69) is 33.5 Å². The number of para-hydroxylation sites is 1. The van der Waals surface area contributed by atoms with Gasteiger partial charge in [0.05, 0.1) is 18.7 Å². The first-order valence-corrected chi connectivity index (χ1v) is 9.24. The maximum absolute atomic E-state index is 12.9. The average molecular weight is 364 g/mol. The molecule has 0 aliphatic carbocycles. The Morgan fingerprint density at radius 3 is 2.78 bits per heavy atom. The van der Waals surface area contributed by atoms with E-state index in [0.717, 1.165) is 55.0 Å². The summed E-state index contributed by atoms with van der Waals surface area (Å²) in [4.78, 5) is 15.2. The summed E-state index contributed by atoms with van der Waals surface area (Å²) in [6.07, 6.45) is 0. The summed E-state index contributed by atoms with van der Waals surface area (Å²) < 4.78 is 7.15. The number of ether oxygens (including phenoxy) is 1. The molecular weight excluding hydrogens is 340 g/mol. The molecule has 1 aromatic heterocycles. The van der Waals surface area contributed by atoms with Crippen molar-refractivity contribution in [1.82, 2.24) is 14.7 Å². The van der Waals surface area contributed by atoms with Crippen molar-refractivity contribution in [2.75, 3.05) is 31.6 Å². The van der Waals surface area contributed by atoms with Gasteiger partial charge in [0.2, 0.25) is 0 Å². The highest BCUT2D eigenvalue weighted by Crippen LogP contribution is 2.22. The number of aryl methyl sites for hydroxylation is 2. The first-order valence-electron chi connectivity index (χ1n) is 9.24. The molecule has 6 heteroatoms. The molecule has 1 fully saturated rings. The highest BCUT2D eigenvalue weighted by molar-refractivity contribution is 6.11. The number of hydrogen-bond donors (Lipinski definition) is 1. The van der Waals surface area contributed by atoms with E-state index in [4.69, 9.17) is 4.74 Å². The van der Waals surface area contributed by atoms with Gasteiger partial charge in [-0.3, -0.25) is 14.4 Å². The summed E-state index contributed by atoms with van der Waals surface area (Å²) >= 11 is 0. The standard InChI is InChI=1S/C21H24N4O2/c1-15-7-8-16(14-25-9-11-27-12-10-25)13-18(15)22-21(26)20-17-5-3-4-6-19(17)24(2)23-20/h3-8,13H,9-12,14H2,1-2H3,(H,22,26). The number of benzene rings is 2. The number of fused-ring (bicyclic) bond motifs is 1. The number of nitrogens with one attached hydrogen (secondary N) is 1. The van der Waals surface area contributed by atoms with Crippen molar-refractivity contribution < 1.29 is 9.53 Å². The maximum atomic E-state index is 12.9. The molecule has 0 atom stereocenters. The molecule has 3 aromatic rings. The second-order valence-electron chi connectivity index (χ2n) is 6.98. The SMILES string of the molecule is Cc1ccc(CN2CCOCC2)cc1NC(=O)c1nn(C)c2ccccc12. The van der Waals surface area contributed by atoms with Crippen LogP contribution in [-0.2, 0) is 18.3 Å². The lowest BCUT2D eigenvalue weighted by molar-refractivity contribution is 0.0342. The normalized spacial score (nSPS) is 15.2. The minimum atomic E-state index is -0.182. The molecule has 1 amide bonds. The fraction of sp³-hybridized carbons (Fsp3) is 0.333. The lowest BCUT2D eigenvalue weighted by Gasteiger charge is -2.26. The molecule has 4 rings (SSSR count). The smallest absolute Gasteiger partial charge is 0.276 e. The van der Waals surface area contributed by atoms with Crippen molar-refractivity contribution in [1.29, 1.82) is 0 Å². The summed E-state index contributed by atoms with van der Waals surface area (Å²) in [5.74, 6) is -0.182. The molecule has 27 heavy (non-hydrogen) atoms. The Kier molecular flexibility index (Phi) is 4.92. The third kappa shape index (κ3) is 3.72. The van der Waals surface area contributed by atoms with Gasteiger partial charge in [-0.15, -0.1) is 0 Å². The number of nitrogens with zero attached hydrogens (tertiary/aromatic N) is 3. The summed E-state index contributed by atoms with van der Waals surface area (Å²) in [7, 11) is 1.85. The van der Waals surface area contributed by atoms with Crippen molar-refractivity contribution >= 4 is 22.5 Å². The molecule has 0 bridgehead atoms. The van der Waals surface area contributed by atoms with E-state index >= 15 is 0 Å². The second-order valence-corrected chi connectivity index (χ2v) is 6.98. The van der Waals surface area contributed by atoms with Crippen LogP contribution in [0.3, 0.4) is 0 Å². The molecule has 6 nitrogen and oxygen atoms in total. The Morgan fingerprint density at radius 2 is 1.96 bits per heavy atom. The van der Waals surface area contributed by atoms with Crippen LogP contribution >= 0.6 is 0 Å². The van der Waals surface area contributed by atoms with E-state index in [1.165, 1.54) is 5.56 Å². The lowest BCUT2D eigenvalue weighted by Crippen LogP contribution is -2.35. The predicted octanol–water partition coefficient (Wildman–Crippen LogP) is 2.97. The molecular formula is C21H24N4O2. The average Bonchev–Trinajstić information content (AvgIpc) is 3.02. The second kappa shape index (κ2) is 7.50. The molecule has 0 radical (unpaired) electrons. The van der Waals surface area contributed by atoms with Gasteiger partial charge in [-0.1, -0.05) is 30.3 Å². The van der Waals surface area contributed by atoms with Gasteiger partial charge in [0.15, 0.2) is 5.69 Å². The van der Waals surface area contributed by atoms with E-state index in [0.29, 0.717) is 5.69 Å². The number of carbonyl (C=O) groups excluding carboxylic acids is 1. The summed E-state index contributed by atoms with van der Waals surface area (Å²) in [6.45, 7) is 6.30. The van der Waals surface area contributed by atoms with Gasteiger partial charge >= 0.3 is 0 Å². The summed E-state index contributed by atoms with van der Waals surface area (Å²) in [5.41, 5.74) is 4.45. The summed E-state index contributed by atoms with van der Waals surface area (Å²) in [6, 6.07) is 14.0. The zero-order valence-corrected chi connectivity index (χ0v) is 15.7. The van der Waals surface area contributed by atoms with Crippen LogP contribution in [0.1, 0.15) is 21.6 Å². The number of rotatable bonds is 4. The van der Waals surface area contributed by atoms with E-state index < -0.39 is 0 Å². The zero-order valence-electron chi connectivity index (χ0n) is 15.7. The molecule has 0 spiro atoms. The molecule has 0 unspecified atom stereocenters. The first kappa shape index (κ1) is 17.7. The third-order valence-electron chi connectivity index (χ3n) is 5.03. The zero-order chi connectivity index (χ0) is 18.8. The monoisotopic (exact) mass is 364 g/mol. The Hall–Kier alpha value is -2.70. The number of amides is 1. The van der Waals surface area contributed by atoms with Crippen LogP contribution in [-0.4, -0.2) is 46.9 Å². The molecule has 1 aliphatic heterocycles. The first-order chi connectivity index (χ1) is 13.1. The van der Waals surface area contributed by atoms with Gasteiger partial charge in [0, 0.05) is 37.8 Å². The van der Waals surface area contributed by atoms with Gasteiger partial charge in [-0.2, -0.15) is 5.10 Å². The number of aromatic nitrogens is 2. The highest BCUT2D eigenvalue weighted by Gasteiger charge is 2.17. The quantitative estimate of drug-likeness (QED) is 0.773. The number of hydrogen-bond acceptors (Lipinski definition) is 4. The van der Waals surface area contributed by atoms with Gasteiger partial charge in [-0.25, -0.2) is 0 Å². The maximum Gasteiger partial charge on any atom is 0.276 e. The van der Waals surface area contributed by atoms with Crippen LogP contribution in [0.5, 0.6) is 0 Å². The summed E-state index contributed by atoms with van der Waals surface area (Å²) in [5, 5.41) is 8.33. The largest absolute Gasteiger partial charge is 0.379 e. The molecule has 0 saturated carbocycles. The van der Waals surface area contributed by atoms with E-state index in [9.17, 15) is 4.79 Å². The van der Waals surface area contributed by atoms with E-state index in [1.54, 1.807) is 4.68 Å². The number of morpholine rings is 1. The fourth-order valence-electron chi connectivity index (χ4n) is 3.48. The topological polar surface area (TPSA) is 59.4 Å². The van der Waals surface area contributed by atoms with Crippen molar-refractivity contribution in [3.05, 3.63) is 59.3 Å². The molecule has 2 heterocycles. The molecule has 140 valence electrons. The minimum Gasteiger partial charge on any atom is -0.379 e.